The first kappa shape index (κ1) is 31.0. The molecule has 0 radical (unpaired) electrons. The van der Waals surface area contributed by atoms with Crippen LogP contribution >= 0.6 is 11.8 Å². The minimum atomic E-state index is -0.406. The Balaban J connectivity index is 1.17. The number of aromatic nitrogens is 2. The largest absolute Gasteiger partial charge is 0.228 e. The van der Waals surface area contributed by atoms with Crippen LogP contribution in [0, 0.1) is 0 Å². The predicted octanol–water partition coefficient (Wildman–Crippen LogP) is 13.1. The van der Waals surface area contributed by atoms with Gasteiger partial charge >= 0.3 is 0 Å². The molecule has 1 aromatic heterocycles. The van der Waals surface area contributed by atoms with Crippen LogP contribution in [0.4, 0.5) is 0 Å². The van der Waals surface area contributed by atoms with Gasteiger partial charge in [-0.05, 0) is 73.5 Å². The van der Waals surface area contributed by atoms with E-state index in [0.717, 1.165) is 44.6 Å². The molecule has 1 spiro atoms. The van der Waals surface area contributed by atoms with Gasteiger partial charge in [0.15, 0.2) is 5.82 Å². The number of hydrogen-bond acceptors (Lipinski definition) is 3. The Morgan fingerprint density at radius 3 is 1.72 bits per heavy atom. The van der Waals surface area contributed by atoms with Gasteiger partial charge in [-0.25, -0.2) is 9.97 Å². The van der Waals surface area contributed by atoms with Gasteiger partial charge in [0.2, 0.25) is 0 Å². The van der Waals surface area contributed by atoms with Crippen LogP contribution in [-0.4, -0.2) is 9.97 Å². The van der Waals surface area contributed by atoms with Gasteiger partial charge in [-0.1, -0.05) is 188 Å². The molecule has 2 aliphatic rings. The van der Waals surface area contributed by atoms with Crippen LogP contribution < -0.4 is 0 Å². The molecule has 0 atom stereocenters. The molecule has 0 saturated carbocycles. The molecule has 3 heteroatoms. The molecule has 11 rings (SSSR count). The third-order valence-corrected chi connectivity index (χ3v) is 12.3. The SMILES string of the molecule is c1ccc(-c2cc(-c3c(-c4ccc5c(c4)Sc4ccccc4C54c5ccccc5-c5ccccc54)ccc4ccccc34)nc(-c3ccccc3)n2)cc1. The van der Waals surface area contributed by atoms with E-state index in [9.17, 15) is 0 Å². The van der Waals surface area contributed by atoms with E-state index >= 15 is 0 Å². The van der Waals surface area contributed by atoms with Crippen molar-refractivity contribution in [2.45, 2.75) is 15.2 Å². The maximum absolute atomic E-state index is 5.34. The molecule has 9 aromatic rings. The van der Waals surface area contributed by atoms with Crippen molar-refractivity contribution in [1.82, 2.24) is 9.97 Å². The molecule has 0 unspecified atom stereocenters. The summed E-state index contributed by atoms with van der Waals surface area (Å²) in [7, 11) is 0. The van der Waals surface area contributed by atoms with Gasteiger partial charge in [-0.2, -0.15) is 0 Å². The van der Waals surface area contributed by atoms with E-state index in [2.05, 4.69) is 170 Å². The summed E-state index contributed by atoms with van der Waals surface area (Å²) < 4.78 is 0. The van der Waals surface area contributed by atoms with Crippen molar-refractivity contribution in [3.8, 4) is 56.2 Å². The zero-order valence-corrected chi connectivity index (χ0v) is 30.1. The lowest BCUT2D eigenvalue weighted by atomic mass is 9.67. The van der Waals surface area contributed by atoms with Gasteiger partial charge in [0.05, 0.1) is 16.8 Å². The lowest BCUT2D eigenvalue weighted by Crippen LogP contribution is -2.31. The van der Waals surface area contributed by atoms with Crippen molar-refractivity contribution < 1.29 is 0 Å². The summed E-state index contributed by atoms with van der Waals surface area (Å²) in [6, 6.07) is 70.2. The monoisotopic (exact) mass is 704 g/mol. The van der Waals surface area contributed by atoms with Crippen molar-refractivity contribution in [2.24, 2.45) is 0 Å². The van der Waals surface area contributed by atoms with Crippen LogP contribution in [0.3, 0.4) is 0 Å². The lowest BCUT2D eigenvalue weighted by molar-refractivity contribution is 0.722. The Labute approximate surface area is 318 Å². The summed E-state index contributed by atoms with van der Waals surface area (Å²) in [6.07, 6.45) is 0. The minimum Gasteiger partial charge on any atom is -0.228 e. The lowest BCUT2D eigenvalue weighted by Gasteiger charge is -2.39. The second-order valence-electron chi connectivity index (χ2n) is 14.1. The molecular formula is C51H32N2S. The zero-order chi connectivity index (χ0) is 35.6. The summed E-state index contributed by atoms with van der Waals surface area (Å²) in [5, 5.41) is 2.34. The first-order chi connectivity index (χ1) is 26.8. The normalized spacial score (nSPS) is 13.3. The molecule has 2 heterocycles. The van der Waals surface area contributed by atoms with Gasteiger partial charge in [0.1, 0.15) is 0 Å². The molecule has 1 aliphatic carbocycles. The molecule has 0 bridgehead atoms. The quantitative estimate of drug-likeness (QED) is 0.182. The van der Waals surface area contributed by atoms with Gasteiger partial charge in [-0.3, -0.25) is 0 Å². The molecule has 54 heavy (non-hydrogen) atoms. The fourth-order valence-electron chi connectivity index (χ4n) is 8.86. The molecule has 0 fully saturated rings. The Kier molecular flexibility index (Phi) is 7.05. The van der Waals surface area contributed by atoms with Gasteiger partial charge in [-0.15, -0.1) is 0 Å². The van der Waals surface area contributed by atoms with Crippen LogP contribution in [-0.2, 0) is 5.41 Å². The van der Waals surface area contributed by atoms with Crippen molar-refractivity contribution in [3.63, 3.8) is 0 Å². The topological polar surface area (TPSA) is 25.8 Å². The summed E-state index contributed by atoms with van der Waals surface area (Å²) in [6.45, 7) is 0. The summed E-state index contributed by atoms with van der Waals surface area (Å²) in [5.74, 6) is 0.712. The van der Waals surface area contributed by atoms with Crippen molar-refractivity contribution in [3.05, 3.63) is 216 Å². The van der Waals surface area contributed by atoms with E-state index in [-0.39, 0.29) is 0 Å². The zero-order valence-electron chi connectivity index (χ0n) is 29.3. The van der Waals surface area contributed by atoms with E-state index in [1.807, 2.05) is 36.0 Å². The average Bonchev–Trinajstić information content (AvgIpc) is 3.54. The number of fused-ring (bicyclic) bond motifs is 10. The van der Waals surface area contributed by atoms with Crippen molar-refractivity contribution >= 4 is 22.5 Å². The Hall–Kier alpha value is -6.55. The molecule has 1 aliphatic heterocycles. The maximum atomic E-state index is 5.34. The molecule has 2 nitrogen and oxygen atoms in total. The smallest absolute Gasteiger partial charge is 0.160 e. The van der Waals surface area contributed by atoms with Crippen LogP contribution in [0.15, 0.2) is 204 Å². The van der Waals surface area contributed by atoms with E-state index in [0.29, 0.717) is 5.82 Å². The summed E-state index contributed by atoms with van der Waals surface area (Å²) >= 11 is 1.88. The second-order valence-corrected chi connectivity index (χ2v) is 15.1. The summed E-state index contributed by atoms with van der Waals surface area (Å²) in [4.78, 5) is 13.0. The van der Waals surface area contributed by atoms with Crippen LogP contribution in [0.5, 0.6) is 0 Å². The Morgan fingerprint density at radius 2 is 0.963 bits per heavy atom. The second kappa shape index (κ2) is 12.3. The fraction of sp³-hybridized carbons (Fsp3) is 0.0196. The molecule has 252 valence electrons. The maximum Gasteiger partial charge on any atom is 0.160 e. The number of rotatable bonds is 4. The van der Waals surface area contributed by atoms with E-state index in [1.165, 1.54) is 48.6 Å². The molecular weight excluding hydrogens is 673 g/mol. The van der Waals surface area contributed by atoms with Crippen LogP contribution in [0.1, 0.15) is 22.3 Å². The van der Waals surface area contributed by atoms with E-state index in [1.54, 1.807) is 0 Å². The Bertz CT molecular complexity index is 2810. The van der Waals surface area contributed by atoms with E-state index < -0.39 is 5.41 Å². The first-order valence-electron chi connectivity index (χ1n) is 18.4. The number of hydrogen-bond donors (Lipinski definition) is 0. The molecule has 8 aromatic carbocycles. The van der Waals surface area contributed by atoms with Crippen LogP contribution in [0.25, 0.3) is 66.9 Å². The van der Waals surface area contributed by atoms with Gasteiger partial charge in [0.25, 0.3) is 0 Å². The average molecular weight is 705 g/mol. The predicted molar refractivity (Wildman–Crippen MR) is 223 cm³/mol. The van der Waals surface area contributed by atoms with E-state index in [4.69, 9.17) is 9.97 Å². The number of nitrogens with zero attached hydrogens (tertiary/aromatic N) is 2. The Morgan fingerprint density at radius 1 is 0.370 bits per heavy atom. The minimum absolute atomic E-state index is 0.406. The fourth-order valence-corrected chi connectivity index (χ4v) is 10.1. The highest BCUT2D eigenvalue weighted by atomic mass is 32.2. The van der Waals surface area contributed by atoms with Crippen molar-refractivity contribution in [2.75, 3.05) is 0 Å². The highest BCUT2D eigenvalue weighted by Crippen LogP contribution is 2.62. The summed E-state index contributed by atoms with van der Waals surface area (Å²) in [5.41, 5.74) is 14.9. The highest BCUT2D eigenvalue weighted by molar-refractivity contribution is 7.99. The number of benzene rings is 8. The standard InChI is InChI=1S/C51H32N2S/c1-3-16-34(17-4-1)45-32-46(53-50(52-45)35-18-5-2-6-19-35)49-37-20-8-7-15-33(37)27-29-38(49)36-28-30-44-48(31-36)54-47-26-14-13-25-43(47)51(44)41-23-11-9-21-39(41)40-22-10-12-24-42(40)51/h1-32H. The molecule has 0 amide bonds. The molecule has 0 saturated heterocycles. The molecule has 0 N–H and O–H groups in total. The third kappa shape index (κ3) is 4.62. The highest BCUT2D eigenvalue weighted by Gasteiger charge is 2.50. The van der Waals surface area contributed by atoms with Gasteiger partial charge in [0, 0.05) is 26.5 Å². The van der Waals surface area contributed by atoms with Crippen LogP contribution in [0.2, 0.25) is 0 Å². The van der Waals surface area contributed by atoms with Gasteiger partial charge < -0.3 is 0 Å². The first-order valence-corrected chi connectivity index (χ1v) is 19.2. The van der Waals surface area contributed by atoms with Crippen molar-refractivity contribution in [1.29, 1.82) is 0 Å². The third-order valence-electron chi connectivity index (χ3n) is 11.2.